The van der Waals surface area contributed by atoms with Gasteiger partial charge >= 0.3 is 0 Å². The molecule has 1 aliphatic carbocycles. The topological polar surface area (TPSA) is 62.5 Å². The van der Waals surface area contributed by atoms with E-state index < -0.39 is 0 Å². The predicted octanol–water partition coefficient (Wildman–Crippen LogP) is 0.906. The van der Waals surface area contributed by atoms with E-state index in [9.17, 15) is 4.79 Å². The third kappa shape index (κ3) is 1.47. The maximum atomic E-state index is 11.7. The first-order valence-corrected chi connectivity index (χ1v) is 6.02. The van der Waals surface area contributed by atoms with Gasteiger partial charge in [-0.05, 0) is 25.3 Å². The fourth-order valence-corrected chi connectivity index (χ4v) is 2.65. The minimum atomic E-state index is 0.0872. The van der Waals surface area contributed by atoms with Crippen LogP contribution in [0.3, 0.4) is 0 Å². The van der Waals surface area contributed by atoms with Crippen LogP contribution in [0.2, 0.25) is 0 Å². The van der Waals surface area contributed by atoms with E-state index >= 15 is 0 Å². The lowest BCUT2D eigenvalue weighted by atomic mass is 9.92. The monoisotopic (exact) mass is 243 g/mol. The summed E-state index contributed by atoms with van der Waals surface area (Å²) >= 11 is 0. The molecule has 0 unspecified atom stereocenters. The minimum Gasteiger partial charge on any atom is -0.288 e. The second-order valence-corrected chi connectivity index (χ2v) is 4.72. The van der Waals surface area contributed by atoms with Crippen LogP contribution >= 0.6 is 0 Å². The molecule has 0 aromatic carbocycles. The zero-order valence-electron chi connectivity index (χ0n) is 10.7. The summed E-state index contributed by atoms with van der Waals surface area (Å²) in [5, 5.41) is 3.24. The number of nitrogens with one attached hydrogen (secondary N) is 1. The lowest BCUT2D eigenvalue weighted by molar-refractivity contribution is -0.727. The molecule has 0 atom stereocenters. The average Bonchev–Trinajstić information content (AvgIpc) is 2.65. The number of carbonyl (C=O) groups excluding carboxylic acids is 1. The molecule has 1 N–H and O–H groups in total. The van der Waals surface area contributed by atoms with Gasteiger partial charge in [-0.15, -0.1) is 4.68 Å². The molecule has 0 saturated carbocycles. The Balaban J connectivity index is 2.28. The van der Waals surface area contributed by atoms with Crippen LogP contribution in [-0.2, 0) is 19.9 Å². The Kier molecular flexibility index (Phi) is 2.29. The van der Waals surface area contributed by atoms with E-state index in [4.69, 9.17) is 0 Å². The molecular weight excluding hydrogens is 228 g/mol. The maximum absolute atomic E-state index is 11.7. The molecule has 5 heteroatoms. The van der Waals surface area contributed by atoms with Crippen LogP contribution < -0.4 is 4.68 Å². The summed E-state index contributed by atoms with van der Waals surface area (Å²) in [6.45, 7) is 3.48. The predicted molar refractivity (Wildman–Crippen MR) is 65.1 cm³/mol. The Morgan fingerprint density at radius 1 is 1.44 bits per heavy atom. The molecule has 0 bridgehead atoms. The Hall–Kier alpha value is -2.04. The first kappa shape index (κ1) is 11.1. The first-order chi connectivity index (χ1) is 8.58. The highest BCUT2D eigenvalue weighted by Gasteiger charge is 2.31. The zero-order chi connectivity index (χ0) is 12.9. The van der Waals surface area contributed by atoms with Crippen molar-refractivity contribution in [1.82, 2.24) is 15.1 Å². The summed E-state index contributed by atoms with van der Waals surface area (Å²) in [7, 11) is 1.86. The van der Waals surface area contributed by atoms with Gasteiger partial charge in [0.25, 0.3) is 5.69 Å². The minimum absolute atomic E-state index is 0.0872. The molecule has 0 spiro atoms. The highest BCUT2D eigenvalue weighted by Crippen LogP contribution is 2.31. The highest BCUT2D eigenvalue weighted by molar-refractivity contribution is 5.94. The number of nitrogens with zero attached hydrogens (tertiary/aromatic N) is 3. The van der Waals surface area contributed by atoms with Gasteiger partial charge in [-0.1, -0.05) is 0 Å². The van der Waals surface area contributed by atoms with E-state index in [-0.39, 0.29) is 5.78 Å². The standard InChI is InChI=1S/C13H14N4O/c1-7(18)13-10-5-4-9-6-14-8(2)15-11(9)12(10)16-17(13)3/h6H,4-5H2,1-3H3/p+1. The number of Topliss-reactive ketones (excluding diaryl/α,β-unsaturated/α-hetero) is 1. The molecule has 0 saturated heterocycles. The number of hydrogen-bond donors (Lipinski definition) is 1. The van der Waals surface area contributed by atoms with Crippen molar-refractivity contribution in [2.75, 3.05) is 0 Å². The molecule has 0 amide bonds. The van der Waals surface area contributed by atoms with Crippen molar-refractivity contribution in [3.05, 3.63) is 28.8 Å². The van der Waals surface area contributed by atoms with Gasteiger partial charge < -0.3 is 0 Å². The number of aromatic amines is 1. The largest absolute Gasteiger partial charge is 0.288 e. The SMILES string of the molecule is CC(=O)c1c2c([nH][n+]1C)-c1nc(C)ncc1CC2. The van der Waals surface area contributed by atoms with E-state index in [0.717, 1.165) is 46.9 Å². The van der Waals surface area contributed by atoms with Crippen molar-refractivity contribution in [1.29, 1.82) is 0 Å². The van der Waals surface area contributed by atoms with E-state index in [2.05, 4.69) is 15.1 Å². The Morgan fingerprint density at radius 2 is 2.22 bits per heavy atom. The molecule has 0 fully saturated rings. The van der Waals surface area contributed by atoms with Crippen molar-refractivity contribution >= 4 is 5.78 Å². The summed E-state index contributed by atoms with van der Waals surface area (Å²) in [6.07, 6.45) is 3.64. The van der Waals surface area contributed by atoms with Crippen LogP contribution in [-0.4, -0.2) is 20.8 Å². The number of aromatic nitrogens is 4. The van der Waals surface area contributed by atoms with Crippen molar-refractivity contribution in [3.63, 3.8) is 0 Å². The van der Waals surface area contributed by atoms with E-state index in [1.807, 2.05) is 20.2 Å². The van der Waals surface area contributed by atoms with Gasteiger partial charge in [0.05, 0.1) is 11.3 Å². The number of ketones is 1. The number of H-pyrrole nitrogens is 1. The van der Waals surface area contributed by atoms with Crippen LogP contribution in [0, 0.1) is 6.92 Å². The number of fused-ring (bicyclic) bond motifs is 3. The third-order valence-corrected chi connectivity index (χ3v) is 3.40. The van der Waals surface area contributed by atoms with E-state index in [1.54, 1.807) is 11.6 Å². The zero-order valence-corrected chi connectivity index (χ0v) is 10.7. The molecule has 2 aromatic rings. The summed E-state index contributed by atoms with van der Waals surface area (Å²) in [4.78, 5) is 20.4. The molecular formula is C13H15N4O+. The number of aryl methyl sites for hydroxylation is 3. The Bertz CT molecular complexity index is 657. The van der Waals surface area contributed by atoms with E-state index in [0.29, 0.717) is 0 Å². The van der Waals surface area contributed by atoms with Crippen LogP contribution in [0.5, 0.6) is 0 Å². The molecule has 5 nitrogen and oxygen atoms in total. The quantitative estimate of drug-likeness (QED) is 0.598. The second-order valence-electron chi connectivity index (χ2n) is 4.72. The van der Waals surface area contributed by atoms with Crippen LogP contribution in [0.25, 0.3) is 11.4 Å². The van der Waals surface area contributed by atoms with Gasteiger partial charge in [0, 0.05) is 13.1 Å². The third-order valence-electron chi connectivity index (χ3n) is 3.40. The number of rotatable bonds is 1. The summed E-state index contributed by atoms with van der Waals surface area (Å²) in [5.41, 5.74) is 4.88. The van der Waals surface area contributed by atoms with Crippen LogP contribution in [0.1, 0.15) is 34.4 Å². The molecule has 0 radical (unpaired) electrons. The molecule has 18 heavy (non-hydrogen) atoms. The van der Waals surface area contributed by atoms with Gasteiger partial charge in [-0.25, -0.2) is 9.97 Å². The molecule has 3 rings (SSSR count). The van der Waals surface area contributed by atoms with E-state index in [1.165, 1.54) is 0 Å². The second kappa shape index (κ2) is 3.73. The van der Waals surface area contributed by atoms with Crippen molar-refractivity contribution in [3.8, 4) is 11.4 Å². The molecule has 92 valence electrons. The van der Waals surface area contributed by atoms with Crippen molar-refractivity contribution in [2.45, 2.75) is 26.7 Å². The summed E-state index contributed by atoms with van der Waals surface area (Å²) in [5.74, 6) is 0.840. The maximum Gasteiger partial charge on any atom is 0.277 e. The molecule has 0 aliphatic heterocycles. The van der Waals surface area contributed by atoms with Gasteiger partial charge in [0.15, 0.2) is 7.05 Å². The number of hydrogen-bond acceptors (Lipinski definition) is 3. The number of carbonyl (C=O) groups is 1. The smallest absolute Gasteiger partial charge is 0.277 e. The van der Waals surface area contributed by atoms with Crippen molar-refractivity contribution in [2.24, 2.45) is 7.05 Å². The first-order valence-electron chi connectivity index (χ1n) is 6.02. The fraction of sp³-hybridized carbons (Fsp3) is 0.385. The fourth-order valence-electron chi connectivity index (χ4n) is 2.65. The Labute approximate surface area is 105 Å². The van der Waals surface area contributed by atoms with Crippen LogP contribution in [0.15, 0.2) is 6.20 Å². The normalized spacial score (nSPS) is 13.1. The van der Waals surface area contributed by atoms with Gasteiger partial charge in [-0.2, -0.15) is 5.10 Å². The van der Waals surface area contributed by atoms with Gasteiger partial charge in [0.1, 0.15) is 11.5 Å². The molecule has 2 aromatic heterocycles. The molecule has 1 aliphatic rings. The average molecular weight is 243 g/mol. The van der Waals surface area contributed by atoms with Gasteiger partial charge in [-0.3, -0.25) is 4.79 Å². The lowest BCUT2D eigenvalue weighted by Crippen LogP contribution is -2.36. The van der Waals surface area contributed by atoms with Crippen molar-refractivity contribution < 1.29 is 9.48 Å². The lowest BCUT2D eigenvalue weighted by Gasteiger charge is -2.12. The highest BCUT2D eigenvalue weighted by atomic mass is 16.1. The summed E-state index contributed by atoms with van der Waals surface area (Å²) < 4.78 is 1.79. The van der Waals surface area contributed by atoms with Gasteiger partial charge in [0.2, 0.25) is 5.78 Å². The van der Waals surface area contributed by atoms with Crippen LogP contribution in [0.4, 0.5) is 0 Å². The Morgan fingerprint density at radius 3 is 2.94 bits per heavy atom. The molecule has 2 heterocycles. The summed E-state index contributed by atoms with van der Waals surface area (Å²) in [6, 6.07) is 0.